The molecule has 0 radical (unpaired) electrons. The smallest absolute Gasteiger partial charge is 0.223 e. The minimum absolute atomic E-state index is 0.138. The third kappa shape index (κ3) is 3.15. The van der Waals surface area contributed by atoms with Crippen LogP contribution >= 0.6 is 23.4 Å². The zero-order valence-electron chi connectivity index (χ0n) is 11.5. The van der Waals surface area contributed by atoms with Crippen LogP contribution in [0, 0.1) is 5.92 Å². The molecular formula is C16H20ClNOS. The van der Waals surface area contributed by atoms with E-state index in [1.807, 2.05) is 23.9 Å². The summed E-state index contributed by atoms with van der Waals surface area (Å²) in [7, 11) is 0. The first-order chi connectivity index (χ1) is 9.74. The average molecular weight is 310 g/mol. The Kier molecular flexibility index (Phi) is 4.57. The summed E-state index contributed by atoms with van der Waals surface area (Å²) in [6.45, 7) is 0. The molecule has 0 aromatic heterocycles. The fourth-order valence-corrected chi connectivity index (χ4v) is 4.46. The van der Waals surface area contributed by atoms with E-state index in [9.17, 15) is 4.79 Å². The highest BCUT2D eigenvalue weighted by Crippen LogP contribution is 2.38. The lowest BCUT2D eigenvalue weighted by Gasteiger charge is -2.29. The van der Waals surface area contributed by atoms with Crippen molar-refractivity contribution in [2.24, 2.45) is 5.92 Å². The van der Waals surface area contributed by atoms with Crippen molar-refractivity contribution in [1.29, 1.82) is 0 Å². The van der Waals surface area contributed by atoms with Gasteiger partial charge >= 0.3 is 0 Å². The number of fused-ring (bicyclic) bond motifs is 1. The maximum atomic E-state index is 12.4. The predicted octanol–water partition coefficient (Wildman–Crippen LogP) is 4.57. The van der Waals surface area contributed by atoms with E-state index in [0.29, 0.717) is 0 Å². The second-order valence-corrected chi connectivity index (χ2v) is 7.29. The summed E-state index contributed by atoms with van der Waals surface area (Å²) in [6, 6.07) is 6.15. The molecule has 4 heteroatoms. The van der Waals surface area contributed by atoms with Crippen LogP contribution in [0.4, 0.5) is 0 Å². The minimum atomic E-state index is 0.138. The van der Waals surface area contributed by atoms with Crippen molar-refractivity contribution in [2.45, 2.75) is 49.5 Å². The van der Waals surface area contributed by atoms with Crippen molar-refractivity contribution in [3.8, 4) is 0 Å². The molecule has 20 heavy (non-hydrogen) atoms. The van der Waals surface area contributed by atoms with Gasteiger partial charge in [0.1, 0.15) is 0 Å². The molecular weight excluding hydrogens is 290 g/mol. The first kappa shape index (κ1) is 14.3. The lowest BCUT2D eigenvalue weighted by molar-refractivity contribution is -0.126. The quantitative estimate of drug-likeness (QED) is 0.867. The van der Waals surface area contributed by atoms with Gasteiger partial charge in [0.05, 0.1) is 6.04 Å². The van der Waals surface area contributed by atoms with Crippen molar-refractivity contribution in [1.82, 2.24) is 5.32 Å². The monoisotopic (exact) mass is 309 g/mol. The number of halogens is 1. The largest absolute Gasteiger partial charge is 0.349 e. The second kappa shape index (κ2) is 6.40. The molecule has 2 nitrogen and oxygen atoms in total. The summed E-state index contributed by atoms with van der Waals surface area (Å²) >= 11 is 7.96. The van der Waals surface area contributed by atoms with Gasteiger partial charge in [0, 0.05) is 21.6 Å². The van der Waals surface area contributed by atoms with Crippen LogP contribution in [0.15, 0.2) is 23.1 Å². The highest BCUT2D eigenvalue weighted by molar-refractivity contribution is 7.99. The Morgan fingerprint density at radius 1 is 1.20 bits per heavy atom. The SMILES string of the molecule is O=C(NC1CCSc2ccc(Cl)cc21)C1CCCCC1. The molecule has 1 heterocycles. The summed E-state index contributed by atoms with van der Waals surface area (Å²) < 4.78 is 0. The number of hydrogen-bond acceptors (Lipinski definition) is 2. The van der Waals surface area contributed by atoms with Crippen molar-refractivity contribution in [3.05, 3.63) is 28.8 Å². The number of rotatable bonds is 2. The minimum Gasteiger partial charge on any atom is -0.349 e. The molecule has 108 valence electrons. The van der Waals surface area contributed by atoms with E-state index in [0.717, 1.165) is 30.0 Å². The topological polar surface area (TPSA) is 29.1 Å². The zero-order valence-corrected chi connectivity index (χ0v) is 13.1. The van der Waals surface area contributed by atoms with Gasteiger partial charge in [-0.05, 0) is 43.0 Å². The number of hydrogen-bond donors (Lipinski definition) is 1. The van der Waals surface area contributed by atoms with Crippen molar-refractivity contribution in [3.63, 3.8) is 0 Å². The van der Waals surface area contributed by atoms with Gasteiger partial charge in [-0.15, -0.1) is 11.8 Å². The summed E-state index contributed by atoms with van der Waals surface area (Å²) in [6.07, 6.45) is 6.77. The standard InChI is InChI=1S/C16H20ClNOS/c17-12-6-7-15-13(10-12)14(8-9-20-15)18-16(19)11-4-2-1-3-5-11/h6-7,10-11,14H,1-5,8-9H2,(H,18,19). The van der Waals surface area contributed by atoms with E-state index in [4.69, 9.17) is 11.6 Å². The molecule has 1 saturated carbocycles. The normalized spacial score (nSPS) is 23.1. The molecule has 1 unspecified atom stereocenters. The van der Waals surface area contributed by atoms with E-state index in [1.54, 1.807) is 0 Å². The van der Waals surface area contributed by atoms with Crippen LogP contribution in [-0.2, 0) is 4.79 Å². The molecule has 0 spiro atoms. The van der Waals surface area contributed by atoms with Gasteiger partial charge in [-0.2, -0.15) is 0 Å². The summed E-state index contributed by atoms with van der Waals surface area (Å²) in [4.78, 5) is 13.7. The van der Waals surface area contributed by atoms with Crippen LogP contribution in [0.3, 0.4) is 0 Å². The van der Waals surface area contributed by atoms with E-state index in [1.165, 1.54) is 29.7 Å². The Morgan fingerprint density at radius 2 is 2.00 bits per heavy atom. The summed E-state index contributed by atoms with van der Waals surface area (Å²) in [5, 5.41) is 4.01. The molecule has 1 fully saturated rings. The van der Waals surface area contributed by atoms with Crippen LogP contribution in [0.5, 0.6) is 0 Å². The average Bonchev–Trinajstić information content (AvgIpc) is 2.49. The molecule has 0 bridgehead atoms. The molecule has 2 aliphatic rings. The van der Waals surface area contributed by atoms with Gasteiger partial charge in [0.25, 0.3) is 0 Å². The van der Waals surface area contributed by atoms with E-state index in [2.05, 4.69) is 11.4 Å². The Bertz CT molecular complexity index is 499. The zero-order chi connectivity index (χ0) is 13.9. The van der Waals surface area contributed by atoms with Gasteiger partial charge < -0.3 is 5.32 Å². The maximum Gasteiger partial charge on any atom is 0.223 e. The number of nitrogens with one attached hydrogen (secondary N) is 1. The number of carbonyl (C=O) groups excluding carboxylic acids is 1. The summed E-state index contributed by atoms with van der Waals surface area (Å²) in [5.74, 6) is 1.53. The third-order valence-electron chi connectivity index (χ3n) is 4.30. The third-order valence-corrected chi connectivity index (χ3v) is 5.66. The first-order valence-corrected chi connectivity index (χ1v) is 8.83. The van der Waals surface area contributed by atoms with Crippen LogP contribution in [0.2, 0.25) is 5.02 Å². The lowest BCUT2D eigenvalue weighted by Crippen LogP contribution is -2.36. The number of carbonyl (C=O) groups is 1. The van der Waals surface area contributed by atoms with Crippen LogP contribution in [0.25, 0.3) is 0 Å². The molecule has 1 aliphatic carbocycles. The Hall–Kier alpha value is -0.670. The number of benzene rings is 1. The van der Waals surface area contributed by atoms with Crippen molar-refractivity contribution in [2.75, 3.05) is 5.75 Å². The predicted molar refractivity (Wildman–Crippen MR) is 84.3 cm³/mol. The molecule has 1 atom stereocenters. The number of thioether (sulfide) groups is 1. The lowest BCUT2D eigenvalue weighted by atomic mass is 9.88. The van der Waals surface area contributed by atoms with Crippen LogP contribution in [0.1, 0.15) is 50.1 Å². The van der Waals surface area contributed by atoms with Crippen molar-refractivity contribution >= 4 is 29.3 Å². The first-order valence-electron chi connectivity index (χ1n) is 7.46. The van der Waals surface area contributed by atoms with Gasteiger partial charge in [-0.3, -0.25) is 4.79 Å². The number of amides is 1. The van der Waals surface area contributed by atoms with Crippen LogP contribution < -0.4 is 5.32 Å². The molecule has 1 aliphatic heterocycles. The van der Waals surface area contributed by atoms with Gasteiger partial charge in [-0.25, -0.2) is 0 Å². The molecule has 0 saturated heterocycles. The fourth-order valence-electron chi connectivity index (χ4n) is 3.17. The van der Waals surface area contributed by atoms with Crippen molar-refractivity contribution < 1.29 is 4.79 Å². The highest BCUT2D eigenvalue weighted by Gasteiger charge is 2.27. The fraction of sp³-hybridized carbons (Fsp3) is 0.562. The van der Waals surface area contributed by atoms with Gasteiger partial charge in [-0.1, -0.05) is 30.9 Å². The van der Waals surface area contributed by atoms with E-state index in [-0.39, 0.29) is 17.9 Å². The van der Waals surface area contributed by atoms with E-state index < -0.39 is 0 Å². The Labute approximate surface area is 129 Å². The molecule has 3 rings (SSSR count). The molecule has 1 aromatic rings. The highest BCUT2D eigenvalue weighted by atomic mass is 35.5. The van der Waals surface area contributed by atoms with Gasteiger partial charge in [0.15, 0.2) is 0 Å². The maximum absolute atomic E-state index is 12.4. The molecule has 1 N–H and O–H groups in total. The van der Waals surface area contributed by atoms with E-state index >= 15 is 0 Å². The summed E-state index contributed by atoms with van der Waals surface area (Å²) in [5.41, 5.74) is 1.19. The van der Waals surface area contributed by atoms with Crippen LogP contribution in [-0.4, -0.2) is 11.7 Å². The Balaban J connectivity index is 1.72. The van der Waals surface area contributed by atoms with Gasteiger partial charge in [0.2, 0.25) is 5.91 Å². The molecule has 1 aromatic carbocycles. The molecule has 1 amide bonds. The second-order valence-electron chi connectivity index (χ2n) is 5.72. The Morgan fingerprint density at radius 3 is 2.80 bits per heavy atom.